The van der Waals surface area contributed by atoms with Gasteiger partial charge >= 0.3 is 23.9 Å². The third-order valence-corrected chi connectivity index (χ3v) is 5.57. The molecule has 0 bridgehead atoms. The van der Waals surface area contributed by atoms with Crippen molar-refractivity contribution in [3.63, 3.8) is 0 Å². The number of hydrogen-bond donors (Lipinski definition) is 0. The molecule has 0 spiro atoms. The Labute approximate surface area is 178 Å². The summed E-state index contributed by atoms with van der Waals surface area (Å²) in [6, 6.07) is 0. The molecular formula is C20H27BrO8. The fourth-order valence-electron chi connectivity index (χ4n) is 3.38. The number of methoxy groups -OCH3 is 4. The van der Waals surface area contributed by atoms with Gasteiger partial charge in [0.1, 0.15) is 0 Å². The average Bonchev–Trinajstić information content (AvgIpc) is 2.72. The van der Waals surface area contributed by atoms with Gasteiger partial charge in [0.2, 0.25) is 0 Å². The summed E-state index contributed by atoms with van der Waals surface area (Å²) >= 11 is 3.37. The van der Waals surface area contributed by atoms with Crippen LogP contribution in [0.4, 0.5) is 0 Å². The van der Waals surface area contributed by atoms with Crippen molar-refractivity contribution >= 4 is 39.8 Å². The molecule has 8 nitrogen and oxygen atoms in total. The molecule has 1 aliphatic carbocycles. The zero-order valence-corrected chi connectivity index (χ0v) is 18.9. The van der Waals surface area contributed by atoms with Gasteiger partial charge in [-0.15, -0.1) is 0 Å². The molecule has 9 heteroatoms. The highest BCUT2D eigenvalue weighted by Crippen LogP contribution is 2.38. The highest BCUT2D eigenvalue weighted by molar-refractivity contribution is 9.09. The standard InChI is InChI=1S/C20H27BrO8/c1-6-7-8-11-9-12(17(22)26-2)16(20(25)29-5)14(21)10-13(18(23)27-3)15(11)19(24)28-4/h11,14H,6-10H2,1-5H3/b15-13-,16-12-/t11-,14+/m0/s1. The topological polar surface area (TPSA) is 105 Å². The quantitative estimate of drug-likeness (QED) is 0.315. The molecule has 0 saturated heterocycles. The van der Waals surface area contributed by atoms with Gasteiger partial charge in [-0.3, -0.25) is 0 Å². The SMILES string of the molecule is CCCC[C@H]1C/C(C(=O)OC)=C(/C(=O)OC)[C@H](Br)C/C(C(=O)OC)=C\1C(=O)OC. The molecule has 0 aromatic rings. The van der Waals surface area contributed by atoms with Crippen LogP contribution in [-0.4, -0.2) is 57.1 Å². The smallest absolute Gasteiger partial charge is 0.335 e. The molecule has 0 heterocycles. The largest absolute Gasteiger partial charge is 0.466 e. The highest BCUT2D eigenvalue weighted by Gasteiger charge is 2.38. The molecule has 0 aromatic carbocycles. The molecule has 0 N–H and O–H groups in total. The van der Waals surface area contributed by atoms with Gasteiger partial charge in [0.15, 0.2) is 0 Å². The lowest BCUT2D eigenvalue weighted by molar-refractivity contribution is -0.141. The van der Waals surface area contributed by atoms with Crippen molar-refractivity contribution in [1.29, 1.82) is 0 Å². The molecule has 162 valence electrons. The van der Waals surface area contributed by atoms with Crippen LogP contribution >= 0.6 is 15.9 Å². The summed E-state index contributed by atoms with van der Waals surface area (Å²) in [6.45, 7) is 1.98. The van der Waals surface area contributed by atoms with Crippen LogP contribution in [0, 0.1) is 5.92 Å². The molecule has 1 rings (SSSR count). The number of alkyl halides is 1. The fourth-order valence-corrected chi connectivity index (χ4v) is 4.16. The van der Waals surface area contributed by atoms with Crippen molar-refractivity contribution in [1.82, 2.24) is 0 Å². The van der Waals surface area contributed by atoms with Crippen molar-refractivity contribution in [2.24, 2.45) is 5.92 Å². The van der Waals surface area contributed by atoms with Gasteiger partial charge < -0.3 is 18.9 Å². The van der Waals surface area contributed by atoms with Crippen LogP contribution in [-0.2, 0) is 38.1 Å². The molecular weight excluding hydrogens is 448 g/mol. The lowest BCUT2D eigenvalue weighted by Gasteiger charge is -2.28. The van der Waals surface area contributed by atoms with Gasteiger partial charge in [-0.2, -0.15) is 0 Å². The molecule has 0 radical (unpaired) electrons. The maximum absolute atomic E-state index is 12.6. The average molecular weight is 475 g/mol. The van der Waals surface area contributed by atoms with Gasteiger partial charge in [0.05, 0.1) is 44.4 Å². The number of ether oxygens (including phenoxy) is 4. The minimum atomic E-state index is -0.773. The summed E-state index contributed by atoms with van der Waals surface area (Å²) in [5.41, 5.74) is 0.425. The van der Waals surface area contributed by atoms with Crippen molar-refractivity contribution in [2.75, 3.05) is 28.4 Å². The highest BCUT2D eigenvalue weighted by atomic mass is 79.9. The van der Waals surface area contributed by atoms with Crippen LogP contribution < -0.4 is 0 Å². The zero-order chi connectivity index (χ0) is 22.1. The summed E-state index contributed by atoms with van der Waals surface area (Å²) in [6.07, 6.45) is 2.03. The summed E-state index contributed by atoms with van der Waals surface area (Å²) in [4.78, 5) is 49.4. The summed E-state index contributed by atoms with van der Waals surface area (Å²) in [5, 5.41) is 0. The number of rotatable bonds is 7. The van der Waals surface area contributed by atoms with Gasteiger partial charge in [-0.25, -0.2) is 19.2 Å². The molecule has 0 aromatic heterocycles. The Morgan fingerprint density at radius 3 is 1.69 bits per heavy atom. The van der Waals surface area contributed by atoms with Crippen LogP contribution in [0.3, 0.4) is 0 Å². The number of halogens is 1. The van der Waals surface area contributed by atoms with Gasteiger partial charge in [-0.1, -0.05) is 35.7 Å². The Kier molecular flexibility index (Phi) is 10.1. The molecule has 0 fully saturated rings. The summed E-state index contributed by atoms with van der Waals surface area (Å²) < 4.78 is 19.5. The van der Waals surface area contributed by atoms with E-state index in [-0.39, 0.29) is 35.1 Å². The van der Waals surface area contributed by atoms with E-state index in [1.54, 1.807) is 0 Å². The van der Waals surface area contributed by atoms with Crippen molar-refractivity contribution < 1.29 is 38.1 Å². The van der Waals surface area contributed by atoms with Crippen molar-refractivity contribution in [3.8, 4) is 0 Å². The van der Waals surface area contributed by atoms with E-state index in [2.05, 4.69) is 15.9 Å². The van der Waals surface area contributed by atoms with Crippen molar-refractivity contribution in [2.45, 2.75) is 43.9 Å². The number of unbranched alkanes of at least 4 members (excludes halogenated alkanes) is 1. The maximum atomic E-state index is 12.6. The van der Waals surface area contributed by atoms with Crippen LogP contribution in [0.1, 0.15) is 39.0 Å². The minimum absolute atomic E-state index is 0.0180. The van der Waals surface area contributed by atoms with E-state index in [0.717, 1.165) is 12.8 Å². The number of esters is 4. The molecule has 29 heavy (non-hydrogen) atoms. The normalized spacial score (nSPS) is 24.8. The van der Waals surface area contributed by atoms with E-state index in [1.165, 1.54) is 28.4 Å². The van der Waals surface area contributed by atoms with E-state index in [1.807, 2.05) is 6.92 Å². The first-order valence-electron chi connectivity index (χ1n) is 9.20. The Morgan fingerprint density at radius 2 is 1.24 bits per heavy atom. The zero-order valence-electron chi connectivity index (χ0n) is 17.3. The van der Waals surface area contributed by atoms with Crippen LogP contribution in [0.5, 0.6) is 0 Å². The third kappa shape index (κ3) is 5.91. The molecule has 0 saturated carbocycles. The van der Waals surface area contributed by atoms with E-state index >= 15 is 0 Å². The molecule has 0 aliphatic heterocycles. The van der Waals surface area contributed by atoms with E-state index < -0.39 is 34.6 Å². The third-order valence-electron chi connectivity index (χ3n) is 4.79. The van der Waals surface area contributed by atoms with Gasteiger partial charge in [0.25, 0.3) is 0 Å². The first kappa shape index (κ1) is 24.9. The van der Waals surface area contributed by atoms with Crippen molar-refractivity contribution in [3.05, 3.63) is 22.3 Å². The van der Waals surface area contributed by atoms with Gasteiger partial charge in [0, 0.05) is 11.1 Å². The first-order valence-corrected chi connectivity index (χ1v) is 10.1. The van der Waals surface area contributed by atoms with Crippen LogP contribution in [0.15, 0.2) is 22.3 Å². The van der Waals surface area contributed by atoms with E-state index in [9.17, 15) is 19.2 Å². The van der Waals surface area contributed by atoms with E-state index in [0.29, 0.717) is 6.42 Å². The Balaban J connectivity index is 3.77. The number of carbonyl (C=O) groups is 4. The fraction of sp³-hybridized carbons (Fsp3) is 0.600. The van der Waals surface area contributed by atoms with Crippen LogP contribution in [0.25, 0.3) is 0 Å². The molecule has 1 aliphatic rings. The first-order chi connectivity index (χ1) is 13.8. The number of hydrogen-bond acceptors (Lipinski definition) is 8. The van der Waals surface area contributed by atoms with Crippen LogP contribution in [0.2, 0.25) is 0 Å². The second kappa shape index (κ2) is 11.7. The van der Waals surface area contributed by atoms with E-state index in [4.69, 9.17) is 18.9 Å². The number of carbonyl (C=O) groups excluding carboxylic acids is 4. The summed E-state index contributed by atoms with van der Waals surface area (Å²) in [7, 11) is 4.85. The second-order valence-electron chi connectivity index (χ2n) is 6.47. The second-order valence-corrected chi connectivity index (χ2v) is 7.57. The lowest BCUT2D eigenvalue weighted by Crippen LogP contribution is -2.30. The molecule has 0 unspecified atom stereocenters. The lowest BCUT2D eigenvalue weighted by atomic mass is 9.79. The summed E-state index contributed by atoms with van der Waals surface area (Å²) in [5.74, 6) is -3.31. The minimum Gasteiger partial charge on any atom is -0.466 e. The molecule has 2 atom stereocenters. The Hall–Kier alpha value is -2.16. The molecule has 0 amide bonds. The predicted octanol–water partition coefficient (Wildman–Crippen LogP) is 2.64. The predicted molar refractivity (Wildman–Crippen MR) is 107 cm³/mol. The van der Waals surface area contributed by atoms with Gasteiger partial charge in [-0.05, 0) is 25.2 Å². The maximum Gasteiger partial charge on any atom is 0.335 e. The monoisotopic (exact) mass is 474 g/mol. The Morgan fingerprint density at radius 1 is 0.793 bits per heavy atom. The Bertz CT molecular complexity index is 722.